The van der Waals surface area contributed by atoms with Crippen LogP contribution in [0, 0.1) is 13.8 Å². The number of aryl methyl sites for hydroxylation is 2. The molecule has 7 nitrogen and oxygen atoms in total. The number of nitrogens with one attached hydrogen (secondary N) is 2. The van der Waals surface area contributed by atoms with Crippen molar-refractivity contribution in [1.82, 2.24) is 15.6 Å². The molecule has 2 aromatic rings. The number of rotatable bonds is 7. The van der Waals surface area contributed by atoms with Crippen LogP contribution in [0.3, 0.4) is 0 Å². The Morgan fingerprint density at radius 2 is 2.04 bits per heavy atom. The second kappa shape index (κ2) is 9.05. The first-order valence-corrected chi connectivity index (χ1v) is 9.52. The minimum Gasteiger partial charge on any atom is -0.454 e. The van der Waals surface area contributed by atoms with Gasteiger partial charge in [-0.1, -0.05) is 0 Å². The average molecular weight is 412 g/mol. The number of halogens is 2. The Kier molecular flexibility index (Phi) is 6.50. The maximum Gasteiger partial charge on any atom is 0.387 e. The molecule has 0 unspecified atom stereocenters. The van der Waals surface area contributed by atoms with Gasteiger partial charge in [0.1, 0.15) is 5.75 Å². The van der Waals surface area contributed by atoms with Crippen LogP contribution in [0.1, 0.15) is 21.1 Å². The maximum atomic E-state index is 12.7. The van der Waals surface area contributed by atoms with E-state index in [0.717, 1.165) is 17.1 Å². The second-order valence-electron chi connectivity index (χ2n) is 6.04. The first-order chi connectivity index (χ1) is 13.5. The molecule has 28 heavy (non-hydrogen) atoms. The molecule has 2 N–H and O–H groups in total. The number of alkyl halides is 2. The van der Waals surface area contributed by atoms with Gasteiger partial charge in [0.05, 0.1) is 10.7 Å². The highest BCUT2D eigenvalue weighted by atomic mass is 32.1. The van der Waals surface area contributed by atoms with E-state index >= 15 is 0 Å². The highest BCUT2D eigenvalue weighted by Gasteiger charge is 2.20. The molecule has 0 saturated heterocycles. The molecule has 0 aliphatic carbocycles. The molecule has 0 amide bonds. The zero-order valence-electron chi connectivity index (χ0n) is 15.8. The van der Waals surface area contributed by atoms with Crippen molar-refractivity contribution in [2.24, 2.45) is 4.99 Å². The quantitative estimate of drug-likeness (QED) is 0.538. The predicted octanol–water partition coefficient (Wildman–Crippen LogP) is 3.00. The molecule has 0 bridgehead atoms. The lowest BCUT2D eigenvalue weighted by atomic mass is 10.1. The third-order valence-electron chi connectivity index (χ3n) is 4.09. The molecule has 1 aromatic heterocycles. The Balaban J connectivity index is 1.59. The van der Waals surface area contributed by atoms with E-state index in [-0.39, 0.29) is 19.1 Å². The largest absolute Gasteiger partial charge is 0.454 e. The summed E-state index contributed by atoms with van der Waals surface area (Å²) in [6.07, 6.45) is 0.821. The lowest BCUT2D eigenvalue weighted by molar-refractivity contribution is -0.0505. The molecule has 0 atom stereocenters. The van der Waals surface area contributed by atoms with Crippen molar-refractivity contribution in [2.75, 3.05) is 20.4 Å². The topological polar surface area (TPSA) is 77.0 Å². The van der Waals surface area contributed by atoms with Crippen LogP contribution in [0.4, 0.5) is 8.78 Å². The molecule has 0 radical (unpaired) electrons. The van der Waals surface area contributed by atoms with E-state index in [2.05, 4.69) is 25.3 Å². The number of guanidine groups is 1. The molecular weight excluding hydrogens is 390 g/mol. The Labute approximate surface area is 165 Å². The fraction of sp³-hybridized carbons (Fsp3) is 0.444. The first-order valence-electron chi connectivity index (χ1n) is 8.71. The van der Waals surface area contributed by atoms with Gasteiger partial charge in [-0.25, -0.2) is 4.98 Å². The highest BCUT2D eigenvalue weighted by molar-refractivity contribution is 7.11. The molecule has 1 aliphatic rings. The summed E-state index contributed by atoms with van der Waals surface area (Å²) in [7, 11) is 1.65. The van der Waals surface area contributed by atoms with Gasteiger partial charge >= 0.3 is 6.61 Å². The van der Waals surface area contributed by atoms with Crippen LogP contribution in [0.5, 0.6) is 17.2 Å². The van der Waals surface area contributed by atoms with Crippen LogP contribution in [0.15, 0.2) is 17.1 Å². The molecule has 0 fully saturated rings. The smallest absolute Gasteiger partial charge is 0.387 e. The number of hydrogen-bond acceptors (Lipinski definition) is 6. The minimum atomic E-state index is -2.93. The Morgan fingerprint density at radius 3 is 2.68 bits per heavy atom. The minimum absolute atomic E-state index is 0.0398. The van der Waals surface area contributed by atoms with E-state index in [1.165, 1.54) is 10.9 Å². The van der Waals surface area contributed by atoms with E-state index < -0.39 is 6.61 Å². The highest BCUT2D eigenvalue weighted by Crippen LogP contribution is 2.38. The summed E-state index contributed by atoms with van der Waals surface area (Å²) in [6.45, 7) is 2.01. The van der Waals surface area contributed by atoms with Crippen molar-refractivity contribution in [3.05, 3.63) is 33.3 Å². The fourth-order valence-electron chi connectivity index (χ4n) is 2.81. The normalized spacial score (nSPS) is 13.1. The monoisotopic (exact) mass is 412 g/mol. The predicted molar refractivity (Wildman–Crippen MR) is 103 cm³/mol. The molecule has 3 rings (SSSR count). The summed E-state index contributed by atoms with van der Waals surface area (Å²) in [6, 6.07) is 3.04. The Morgan fingerprint density at radius 1 is 1.29 bits per heavy atom. The second-order valence-corrected chi connectivity index (χ2v) is 7.32. The molecule has 0 spiro atoms. The summed E-state index contributed by atoms with van der Waals surface area (Å²) in [5.41, 5.74) is 1.56. The number of aromatic nitrogens is 1. The number of thiazole rings is 1. The van der Waals surface area contributed by atoms with Gasteiger partial charge in [0.15, 0.2) is 17.5 Å². The molecular formula is C18H22F2N4O3S. The van der Waals surface area contributed by atoms with Gasteiger partial charge in [0, 0.05) is 43.1 Å². The standard InChI is InChI=1S/C18H22F2N4O3S/c1-10-16(28-11(2)24-10)4-5-22-18(21-3)23-8-12-6-14-15(26-9-25-14)7-13(12)27-17(19)20/h6-7,17H,4-5,8-9H2,1-3H3,(H2,21,22,23). The van der Waals surface area contributed by atoms with Crippen LogP contribution in [-0.2, 0) is 13.0 Å². The van der Waals surface area contributed by atoms with Gasteiger partial charge in [0.25, 0.3) is 0 Å². The van der Waals surface area contributed by atoms with Crippen molar-refractivity contribution in [3.63, 3.8) is 0 Å². The fourth-order valence-corrected chi connectivity index (χ4v) is 3.75. The van der Waals surface area contributed by atoms with E-state index in [1.54, 1.807) is 24.5 Å². The van der Waals surface area contributed by atoms with Crippen molar-refractivity contribution in [1.29, 1.82) is 0 Å². The van der Waals surface area contributed by atoms with E-state index in [0.29, 0.717) is 29.6 Å². The number of hydrogen-bond donors (Lipinski definition) is 2. The lowest BCUT2D eigenvalue weighted by Crippen LogP contribution is -2.37. The first kappa shape index (κ1) is 20.1. The van der Waals surface area contributed by atoms with E-state index in [4.69, 9.17) is 9.47 Å². The molecule has 0 saturated carbocycles. The summed E-state index contributed by atoms with van der Waals surface area (Å²) >= 11 is 1.68. The Hall–Kier alpha value is -2.62. The third-order valence-corrected chi connectivity index (χ3v) is 5.22. The SMILES string of the molecule is CN=C(NCCc1sc(C)nc1C)NCc1cc2c(cc1OC(F)F)OCO2. The van der Waals surface area contributed by atoms with Crippen LogP contribution in [0.2, 0.25) is 0 Å². The van der Waals surface area contributed by atoms with Crippen LogP contribution in [0.25, 0.3) is 0 Å². The number of fused-ring (bicyclic) bond motifs is 1. The zero-order chi connectivity index (χ0) is 20.1. The van der Waals surface area contributed by atoms with Gasteiger partial charge in [0.2, 0.25) is 6.79 Å². The summed E-state index contributed by atoms with van der Waals surface area (Å²) in [5, 5.41) is 7.36. The number of nitrogens with zero attached hydrogens (tertiary/aromatic N) is 2. The van der Waals surface area contributed by atoms with Crippen molar-refractivity contribution < 1.29 is 23.0 Å². The molecule has 10 heteroatoms. The zero-order valence-corrected chi connectivity index (χ0v) is 16.7. The summed E-state index contributed by atoms with van der Waals surface area (Å²) < 4.78 is 40.6. The lowest BCUT2D eigenvalue weighted by Gasteiger charge is -2.15. The van der Waals surface area contributed by atoms with E-state index in [1.807, 2.05) is 13.8 Å². The van der Waals surface area contributed by atoms with Crippen LogP contribution in [-0.4, -0.2) is 37.9 Å². The van der Waals surface area contributed by atoms with Crippen molar-refractivity contribution >= 4 is 17.3 Å². The van der Waals surface area contributed by atoms with Gasteiger partial charge in [-0.05, 0) is 19.9 Å². The van der Waals surface area contributed by atoms with E-state index in [9.17, 15) is 8.78 Å². The summed E-state index contributed by atoms with van der Waals surface area (Å²) in [4.78, 5) is 9.80. The van der Waals surface area contributed by atoms with Crippen LogP contribution >= 0.6 is 11.3 Å². The molecule has 152 valence electrons. The molecule has 1 aromatic carbocycles. The van der Waals surface area contributed by atoms with Gasteiger partial charge in [-0.2, -0.15) is 8.78 Å². The average Bonchev–Trinajstić information content (AvgIpc) is 3.22. The van der Waals surface area contributed by atoms with Gasteiger partial charge in [-0.15, -0.1) is 11.3 Å². The van der Waals surface area contributed by atoms with Crippen molar-refractivity contribution in [3.8, 4) is 17.2 Å². The molecule has 2 heterocycles. The number of benzene rings is 1. The third kappa shape index (κ3) is 5.00. The summed E-state index contributed by atoms with van der Waals surface area (Å²) in [5.74, 6) is 1.48. The maximum absolute atomic E-state index is 12.7. The number of ether oxygens (including phenoxy) is 3. The van der Waals surface area contributed by atoms with Crippen LogP contribution < -0.4 is 24.8 Å². The molecule has 1 aliphatic heterocycles. The number of aliphatic imine (C=N–C) groups is 1. The van der Waals surface area contributed by atoms with Gasteiger partial charge in [-0.3, -0.25) is 4.99 Å². The Bertz CT molecular complexity index is 858. The van der Waals surface area contributed by atoms with Gasteiger partial charge < -0.3 is 24.8 Å². The van der Waals surface area contributed by atoms with Crippen molar-refractivity contribution in [2.45, 2.75) is 33.4 Å².